The van der Waals surface area contributed by atoms with Crippen molar-refractivity contribution < 1.29 is 19.7 Å². The van der Waals surface area contributed by atoms with Crippen LogP contribution in [0.5, 0.6) is 0 Å². The molecule has 0 saturated heterocycles. The van der Waals surface area contributed by atoms with E-state index in [1.54, 1.807) is 6.92 Å². The summed E-state index contributed by atoms with van der Waals surface area (Å²) in [5.41, 5.74) is 4.36. The number of halogens is 1. The number of aromatic nitrogens is 2. The first-order valence-corrected chi connectivity index (χ1v) is 5.88. The average molecular weight is 275 g/mol. The molecule has 4 atom stereocenters. The Balaban J connectivity index is 2.92. The molecule has 0 spiro atoms. The van der Waals surface area contributed by atoms with E-state index in [0.717, 1.165) is 6.20 Å². The van der Waals surface area contributed by atoms with Gasteiger partial charge in [0.15, 0.2) is 12.4 Å². The monoisotopic (exact) mass is 275 g/mol. The Labute approximate surface area is 109 Å². The van der Waals surface area contributed by atoms with E-state index in [4.69, 9.17) is 10.8 Å². The highest BCUT2D eigenvalue weighted by Gasteiger charge is 2.33. The van der Waals surface area contributed by atoms with E-state index in [9.17, 15) is 19.4 Å². The van der Waals surface area contributed by atoms with Crippen molar-refractivity contribution in [1.29, 1.82) is 0 Å². The predicted octanol–water partition coefficient (Wildman–Crippen LogP) is -0.966. The van der Waals surface area contributed by atoms with Crippen LogP contribution in [0.15, 0.2) is 17.1 Å². The van der Waals surface area contributed by atoms with Crippen molar-refractivity contribution in [3.63, 3.8) is 0 Å². The van der Waals surface area contributed by atoms with Gasteiger partial charge in [0.25, 0.3) is 0 Å². The number of nitrogens with two attached hydrogens (primary N) is 1. The van der Waals surface area contributed by atoms with Gasteiger partial charge in [-0.05, 0) is 12.5 Å². The zero-order valence-electron chi connectivity index (χ0n) is 10.5. The second-order valence-corrected chi connectivity index (χ2v) is 4.24. The molecule has 0 aliphatic heterocycles. The third kappa shape index (κ3) is 3.49. The first-order valence-electron chi connectivity index (χ1n) is 5.88. The smallest absolute Gasteiger partial charge is 0.351 e. The zero-order valence-corrected chi connectivity index (χ0v) is 10.5. The summed E-state index contributed by atoms with van der Waals surface area (Å²) in [6.45, 7) is 1.25. The van der Waals surface area contributed by atoms with Gasteiger partial charge in [-0.2, -0.15) is 4.98 Å². The minimum absolute atomic E-state index is 0.0498. The number of aliphatic hydroxyl groups excluding tert-OH is 3. The number of nitrogen functional groups attached to an aromatic ring is 1. The molecule has 7 nitrogen and oxygen atoms in total. The number of rotatable bonds is 6. The molecule has 108 valence electrons. The molecule has 1 aromatic heterocycles. The van der Waals surface area contributed by atoms with Gasteiger partial charge in [0.2, 0.25) is 0 Å². The lowest BCUT2D eigenvalue weighted by atomic mass is 9.96. The molecule has 1 rings (SSSR count). The predicted molar refractivity (Wildman–Crippen MR) is 65.9 cm³/mol. The number of anilines is 1. The van der Waals surface area contributed by atoms with Crippen LogP contribution in [0.4, 0.5) is 10.2 Å². The molecule has 0 saturated carbocycles. The number of nitrogens with zero attached hydrogens (tertiary/aromatic N) is 2. The molecule has 0 bridgehead atoms. The van der Waals surface area contributed by atoms with Crippen molar-refractivity contribution in [3.05, 3.63) is 22.7 Å². The quantitative estimate of drug-likeness (QED) is 0.530. The molecular formula is C11H18FN3O4. The van der Waals surface area contributed by atoms with Gasteiger partial charge in [-0.3, -0.25) is 4.57 Å². The summed E-state index contributed by atoms with van der Waals surface area (Å²) in [5, 5.41) is 28.4. The van der Waals surface area contributed by atoms with Crippen molar-refractivity contribution in [2.24, 2.45) is 5.92 Å². The van der Waals surface area contributed by atoms with Crippen molar-refractivity contribution in [3.8, 4) is 0 Å². The van der Waals surface area contributed by atoms with E-state index in [0.29, 0.717) is 11.0 Å². The average Bonchev–Trinajstić information content (AvgIpc) is 2.38. The molecule has 0 radical (unpaired) electrons. The van der Waals surface area contributed by atoms with Crippen molar-refractivity contribution >= 4 is 5.82 Å². The fraction of sp³-hybridized carbons (Fsp3) is 0.636. The molecule has 19 heavy (non-hydrogen) atoms. The minimum Gasteiger partial charge on any atom is -0.396 e. The molecule has 0 amide bonds. The van der Waals surface area contributed by atoms with Crippen molar-refractivity contribution in [1.82, 2.24) is 9.55 Å². The fourth-order valence-corrected chi connectivity index (χ4v) is 1.70. The Bertz CT molecular complexity index is 463. The third-order valence-corrected chi connectivity index (χ3v) is 2.99. The molecule has 5 N–H and O–H groups in total. The number of aliphatic hydroxyl groups is 3. The van der Waals surface area contributed by atoms with Crippen LogP contribution >= 0.6 is 0 Å². The summed E-state index contributed by atoms with van der Waals surface area (Å²) >= 11 is 0. The van der Waals surface area contributed by atoms with E-state index in [1.165, 1.54) is 6.07 Å². The standard InChI is InChI=1S/C11H18FN3O4/c1-2-6(5-16)9(17)8(12)10(18)15-4-3-7(13)14-11(15)19/h3-4,6,8-10,16-18H,2,5H2,1H3,(H2,13,14,19)/t6-,8+,9+,10+/m0/s1. The Kier molecular flexibility index (Phi) is 5.40. The summed E-state index contributed by atoms with van der Waals surface area (Å²) in [6, 6.07) is 1.23. The normalized spacial score (nSPS) is 17.7. The zero-order chi connectivity index (χ0) is 14.6. The Morgan fingerprint density at radius 1 is 1.53 bits per heavy atom. The second-order valence-electron chi connectivity index (χ2n) is 4.24. The topological polar surface area (TPSA) is 122 Å². The molecule has 0 fully saturated rings. The van der Waals surface area contributed by atoms with E-state index in [-0.39, 0.29) is 5.82 Å². The first kappa shape index (κ1) is 15.5. The highest BCUT2D eigenvalue weighted by atomic mass is 19.1. The summed E-state index contributed by atoms with van der Waals surface area (Å²) < 4.78 is 14.6. The first-order chi connectivity index (χ1) is 8.92. The molecule has 0 aliphatic carbocycles. The van der Waals surface area contributed by atoms with Crippen LogP contribution < -0.4 is 11.4 Å². The van der Waals surface area contributed by atoms with E-state index in [2.05, 4.69) is 4.98 Å². The van der Waals surface area contributed by atoms with Crippen LogP contribution in [0, 0.1) is 5.92 Å². The third-order valence-electron chi connectivity index (χ3n) is 2.99. The van der Waals surface area contributed by atoms with Crippen LogP contribution in [-0.4, -0.2) is 43.8 Å². The molecule has 1 heterocycles. The summed E-state index contributed by atoms with van der Waals surface area (Å²) in [4.78, 5) is 14.8. The SMILES string of the molecule is CC[C@@H](CO)[C@@H](O)[C@@H](F)[C@@H](O)n1ccc(N)nc1=O. The number of hydrogen-bond acceptors (Lipinski definition) is 6. The Morgan fingerprint density at radius 2 is 2.16 bits per heavy atom. The van der Waals surface area contributed by atoms with Crippen LogP contribution in [0.3, 0.4) is 0 Å². The van der Waals surface area contributed by atoms with Gasteiger partial charge in [0, 0.05) is 18.7 Å². The van der Waals surface area contributed by atoms with Gasteiger partial charge in [0.1, 0.15) is 5.82 Å². The number of alkyl halides is 1. The van der Waals surface area contributed by atoms with Crippen molar-refractivity contribution in [2.45, 2.75) is 31.8 Å². The van der Waals surface area contributed by atoms with Gasteiger partial charge in [-0.25, -0.2) is 9.18 Å². The molecule has 0 unspecified atom stereocenters. The summed E-state index contributed by atoms with van der Waals surface area (Å²) in [6.07, 6.45) is -4.18. The molecular weight excluding hydrogens is 257 g/mol. The molecule has 8 heteroatoms. The largest absolute Gasteiger partial charge is 0.396 e. The van der Waals surface area contributed by atoms with Crippen molar-refractivity contribution in [2.75, 3.05) is 12.3 Å². The van der Waals surface area contributed by atoms with Gasteiger partial charge < -0.3 is 21.1 Å². The molecule has 0 aliphatic rings. The Morgan fingerprint density at radius 3 is 2.63 bits per heavy atom. The van der Waals surface area contributed by atoms with Crippen LogP contribution in [-0.2, 0) is 0 Å². The van der Waals surface area contributed by atoms with Crippen LogP contribution in [0.1, 0.15) is 19.6 Å². The van der Waals surface area contributed by atoms with Crippen LogP contribution in [0.2, 0.25) is 0 Å². The second kappa shape index (κ2) is 6.60. The molecule has 0 aromatic carbocycles. The maximum Gasteiger partial charge on any atom is 0.351 e. The highest BCUT2D eigenvalue weighted by Crippen LogP contribution is 2.21. The van der Waals surface area contributed by atoms with Gasteiger partial charge in [-0.15, -0.1) is 0 Å². The number of hydrogen-bond donors (Lipinski definition) is 4. The lowest BCUT2D eigenvalue weighted by Crippen LogP contribution is -2.41. The highest BCUT2D eigenvalue weighted by molar-refractivity contribution is 5.23. The van der Waals surface area contributed by atoms with Crippen LogP contribution in [0.25, 0.3) is 0 Å². The lowest BCUT2D eigenvalue weighted by molar-refractivity contribution is -0.0781. The van der Waals surface area contributed by atoms with Gasteiger partial charge >= 0.3 is 5.69 Å². The summed E-state index contributed by atoms with van der Waals surface area (Å²) in [5.74, 6) is -0.770. The lowest BCUT2D eigenvalue weighted by Gasteiger charge is -2.26. The summed E-state index contributed by atoms with van der Waals surface area (Å²) in [7, 11) is 0. The van der Waals surface area contributed by atoms with E-state index in [1.807, 2.05) is 0 Å². The maximum absolute atomic E-state index is 14.0. The Hall–Kier alpha value is -1.51. The van der Waals surface area contributed by atoms with E-state index < -0.39 is 36.7 Å². The molecule has 1 aromatic rings. The fourth-order valence-electron chi connectivity index (χ4n) is 1.70. The van der Waals surface area contributed by atoms with Gasteiger partial charge in [0.05, 0.1) is 6.10 Å². The van der Waals surface area contributed by atoms with E-state index >= 15 is 0 Å². The minimum atomic E-state index is -2.12. The van der Waals surface area contributed by atoms with Gasteiger partial charge in [-0.1, -0.05) is 6.92 Å². The maximum atomic E-state index is 14.0.